The number of nitrogens with zero attached hydrogens (tertiary/aromatic N) is 1. The Bertz CT molecular complexity index is 476. The second-order valence-corrected chi connectivity index (χ2v) is 6.14. The third-order valence-electron chi connectivity index (χ3n) is 4.29. The molecule has 110 valence electrons. The molecule has 1 saturated carbocycles. The quantitative estimate of drug-likeness (QED) is 0.857. The van der Waals surface area contributed by atoms with Crippen molar-refractivity contribution in [3.8, 4) is 0 Å². The number of carbonyl (C=O) groups excluding carboxylic acids is 1. The molecule has 1 aliphatic rings. The number of halogens is 1. The monoisotopic (exact) mass is 294 g/mol. The van der Waals surface area contributed by atoms with Gasteiger partial charge in [-0.15, -0.1) is 0 Å². The van der Waals surface area contributed by atoms with Crippen molar-refractivity contribution in [3.63, 3.8) is 0 Å². The van der Waals surface area contributed by atoms with Crippen LogP contribution in [-0.4, -0.2) is 17.4 Å². The van der Waals surface area contributed by atoms with Gasteiger partial charge in [-0.25, -0.2) is 4.98 Å². The van der Waals surface area contributed by atoms with Gasteiger partial charge in [0.1, 0.15) is 5.15 Å². The minimum Gasteiger partial charge on any atom is -0.352 e. The molecular formula is C16H23ClN2O. The summed E-state index contributed by atoms with van der Waals surface area (Å²) >= 11 is 5.95. The Morgan fingerprint density at radius 1 is 1.40 bits per heavy atom. The lowest BCUT2D eigenvalue weighted by Crippen LogP contribution is -2.33. The fraction of sp³-hybridized carbons (Fsp3) is 0.625. The highest BCUT2D eigenvalue weighted by Gasteiger charge is 2.21. The molecule has 1 fully saturated rings. The summed E-state index contributed by atoms with van der Waals surface area (Å²) in [6.07, 6.45) is 5.89. The van der Waals surface area contributed by atoms with Gasteiger partial charge in [0.05, 0.1) is 0 Å². The zero-order valence-electron chi connectivity index (χ0n) is 12.3. The predicted molar refractivity (Wildman–Crippen MR) is 82.1 cm³/mol. The molecule has 4 heteroatoms. The van der Waals surface area contributed by atoms with Gasteiger partial charge in [0.25, 0.3) is 5.91 Å². The maximum Gasteiger partial charge on any atom is 0.251 e. The molecule has 1 N–H and O–H groups in total. The summed E-state index contributed by atoms with van der Waals surface area (Å²) in [6.45, 7) is 5.06. The van der Waals surface area contributed by atoms with Crippen LogP contribution in [0.3, 0.4) is 0 Å². The minimum absolute atomic E-state index is 0.0400. The summed E-state index contributed by atoms with van der Waals surface area (Å²) in [5.41, 5.74) is 1.47. The third kappa shape index (κ3) is 3.95. The lowest BCUT2D eigenvalue weighted by molar-refractivity contribution is 0.0936. The van der Waals surface area contributed by atoms with Crippen LogP contribution in [0.25, 0.3) is 0 Å². The van der Waals surface area contributed by atoms with Crippen LogP contribution < -0.4 is 5.32 Å². The van der Waals surface area contributed by atoms with Crippen LogP contribution in [0.15, 0.2) is 12.1 Å². The van der Waals surface area contributed by atoms with Crippen LogP contribution in [0.4, 0.5) is 0 Å². The lowest BCUT2D eigenvalue weighted by Gasteiger charge is -2.28. The van der Waals surface area contributed by atoms with Gasteiger partial charge in [-0.3, -0.25) is 4.79 Å². The molecule has 2 atom stereocenters. The van der Waals surface area contributed by atoms with E-state index in [1.54, 1.807) is 6.07 Å². The summed E-state index contributed by atoms with van der Waals surface area (Å²) in [5, 5.41) is 3.44. The van der Waals surface area contributed by atoms with Crippen LogP contribution in [-0.2, 0) is 6.42 Å². The Hall–Kier alpha value is -1.09. The van der Waals surface area contributed by atoms with Crippen molar-refractivity contribution in [2.45, 2.75) is 46.0 Å². The predicted octanol–water partition coefficient (Wildman–Crippen LogP) is 3.85. The summed E-state index contributed by atoms with van der Waals surface area (Å²) in [6, 6.07) is 3.46. The molecule has 1 aromatic heterocycles. The Labute approximate surface area is 126 Å². The van der Waals surface area contributed by atoms with Crippen LogP contribution >= 0.6 is 11.6 Å². The van der Waals surface area contributed by atoms with Crippen molar-refractivity contribution in [1.82, 2.24) is 10.3 Å². The molecule has 0 saturated heterocycles. The van der Waals surface area contributed by atoms with E-state index < -0.39 is 0 Å². The molecule has 1 heterocycles. The number of carbonyl (C=O) groups is 1. The van der Waals surface area contributed by atoms with Gasteiger partial charge in [0.15, 0.2) is 0 Å². The molecule has 0 aliphatic heterocycles. The first-order chi connectivity index (χ1) is 9.60. The third-order valence-corrected chi connectivity index (χ3v) is 4.48. The number of hydrogen-bond donors (Lipinski definition) is 1. The number of nitrogens with one attached hydrogen (secondary N) is 1. The Morgan fingerprint density at radius 3 is 2.85 bits per heavy atom. The standard InChI is InChI=1S/C16H23ClN2O/c1-3-14-8-13(9-15(17)19-14)16(20)18-10-12-7-5-4-6-11(12)2/h8-9,11-12H,3-7,10H2,1-2H3,(H,18,20). The highest BCUT2D eigenvalue weighted by Crippen LogP contribution is 2.28. The van der Waals surface area contributed by atoms with Crippen molar-refractivity contribution < 1.29 is 4.79 Å². The number of aromatic nitrogens is 1. The van der Waals surface area contributed by atoms with E-state index in [2.05, 4.69) is 17.2 Å². The second kappa shape index (κ2) is 7.07. The van der Waals surface area contributed by atoms with E-state index >= 15 is 0 Å². The highest BCUT2D eigenvalue weighted by atomic mass is 35.5. The number of rotatable bonds is 4. The van der Waals surface area contributed by atoms with E-state index in [1.165, 1.54) is 25.7 Å². The van der Waals surface area contributed by atoms with E-state index in [-0.39, 0.29) is 5.91 Å². The summed E-state index contributed by atoms with van der Waals surface area (Å²) in [7, 11) is 0. The van der Waals surface area contributed by atoms with E-state index in [9.17, 15) is 4.79 Å². The molecule has 1 aliphatic carbocycles. The van der Waals surface area contributed by atoms with Gasteiger partial charge in [-0.1, -0.05) is 44.7 Å². The molecule has 3 nitrogen and oxygen atoms in total. The van der Waals surface area contributed by atoms with Crippen molar-refractivity contribution in [2.24, 2.45) is 11.8 Å². The van der Waals surface area contributed by atoms with E-state index in [1.807, 2.05) is 13.0 Å². The zero-order valence-corrected chi connectivity index (χ0v) is 13.0. The van der Waals surface area contributed by atoms with E-state index in [0.717, 1.165) is 18.7 Å². The zero-order chi connectivity index (χ0) is 14.5. The summed E-state index contributed by atoms with van der Waals surface area (Å²) in [5.74, 6) is 1.27. The molecule has 2 rings (SSSR count). The normalized spacial score (nSPS) is 22.6. The Kier molecular flexibility index (Phi) is 5.41. The van der Waals surface area contributed by atoms with Crippen LogP contribution in [0, 0.1) is 11.8 Å². The van der Waals surface area contributed by atoms with Crippen LogP contribution in [0.5, 0.6) is 0 Å². The minimum atomic E-state index is -0.0400. The molecule has 1 aromatic rings. The SMILES string of the molecule is CCc1cc(C(=O)NCC2CCCCC2C)cc(Cl)n1. The number of aryl methyl sites for hydroxylation is 1. The molecule has 0 bridgehead atoms. The van der Waals surface area contributed by atoms with Crippen LogP contribution in [0.1, 0.15) is 55.6 Å². The van der Waals surface area contributed by atoms with E-state index in [4.69, 9.17) is 11.6 Å². The summed E-state index contributed by atoms with van der Waals surface area (Å²) < 4.78 is 0. The van der Waals surface area contributed by atoms with Crippen molar-refractivity contribution in [1.29, 1.82) is 0 Å². The molecule has 0 aromatic carbocycles. The number of pyridine rings is 1. The Morgan fingerprint density at radius 2 is 2.15 bits per heavy atom. The maximum atomic E-state index is 12.2. The van der Waals surface area contributed by atoms with Gasteiger partial charge >= 0.3 is 0 Å². The van der Waals surface area contributed by atoms with Crippen molar-refractivity contribution in [3.05, 3.63) is 28.5 Å². The summed E-state index contributed by atoms with van der Waals surface area (Å²) in [4.78, 5) is 16.4. The second-order valence-electron chi connectivity index (χ2n) is 5.76. The topological polar surface area (TPSA) is 42.0 Å². The van der Waals surface area contributed by atoms with Crippen molar-refractivity contribution >= 4 is 17.5 Å². The molecular weight excluding hydrogens is 272 g/mol. The molecule has 0 spiro atoms. The van der Waals surface area contributed by atoms with Gasteiger partial charge in [0.2, 0.25) is 0 Å². The van der Waals surface area contributed by atoms with Gasteiger partial charge in [0, 0.05) is 17.8 Å². The van der Waals surface area contributed by atoms with E-state index in [0.29, 0.717) is 22.6 Å². The smallest absolute Gasteiger partial charge is 0.251 e. The number of amides is 1. The highest BCUT2D eigenvalue weighted by molar-refractivity contribution is 6.29. The van der Waals surface area contributed by atoms with Gasteiger partial charge in [-0.05, 0) is 36.8 Å². The van der Waals surface area contributed by atoms with Crippen molar-refractivity contribution in [2.75, 3.05) is 6.54 Å². The Balaban J connectivity index is 1.96. The fourth-order valence-corrected chi connectivity index (χ4v) is 3.11. The lowest BCUT2D eigenvalue weighted by atomic mass is 9.80. The molecule has 0 radical (unpaired) electrons. The first-order valence-corrected chi connectivity index (χ1v) is 7.92. The molecule has 1 amide bonds. The fourth-order valence-electron chi connectivity index (χ4n) is 2.89. The average Bonchev–Trinajstić information content (AvgIpc) is 2.45. The van der Waals surface area contributed by atoms with Crippen LogP contribution in [0.2, 0.25) is 5.15 Å². The van der Waals surface area contributed by atoms with Gasteiger partial charge < -0.3 is 5.32 Å². The first-order valence-electron chi connectivity index (χ1n) is 7.54. The molecule has 20 heavy (non-hydrogen) atoms. The number of hydrogen-bond acceptors (Lipinski definition) is 2. The maximum absolute atomic E-state index is 12.2. The molecule has 2 unspecified atom stereocenters. The largest absolute Gasteiger partial charge is 0.352 e. The first kappa shape index (κ1) is 15.3. The average molecular weight is 295 g/mol. The van der Waals surface area contributed by atoms with Gasteiger partial charge in [-0.2, -0.15) is 0 Å².